The van der Waals surface area contributed by atoms with Crippen molar-refractivity contribution in [1.29, 1.82) is 0 Å². The van der Waals surface area contributed by atoms with Crippen LogP contribution in [0.2, 0.25) is 5.02 Å². The molecule has 3 amide bonds. The summed E-state index contributed by atoms with van der Waals surface area (Å²) in [4.78, 5) is 25.3. The lowest BCUT2D eigenvalue weighted by molar-refractivity contribution is -0.124. The Bertz CT molecular complexity index is 871. The maximum Gasteiger partial charge on any atom is 0.324 e. The number of ether oxygens (including phenoxy) is 1. The lowest BCUT2D eigenvalue weighted by Crippen LogP contribution is -2.35. The van der Waals surface area contributed by atoms with Gasteiger partial charge in [0.05, 0.1) is 10.8 Å². The van der Waals surface area contributed by atoms with Crippen molar-refractivity contribution in [1.82, 2.24) is 25.0 Å². The van der Waals surface area contributed by atoms with Gasteiger partial charge in [0.2, 0.25) is 5.91 Å². The first-order chi connectivity index (χ1) is 14.0. The van der Waals surface area contributed by atoms with Crippen LogP contribution in [-0.2, 0) is 11.4 Å². The topological polar surface area (TPSA) is 89.3 Å². The van der Waals surface area contributed by atoms with Gasteiger partial charge in [-0.25, -0.2) is 4.79 Å². The van der Waals surface area contributed by atoms with E-state index in [1.165, 1.54) is 16.7 Å². The van der Waals surface area contributed by atoms with Crippen LogP contribution in [0.25, 0.3) is 0 Å². The zero-order valence-corrected chi connectivity index (χ0v) is 18.0. The number of halogens is 1. The first-order valence-electron chi connectivity index (χ1n) is 9.57. The molecule has 1 aromatic heterocycles. The van der Waals surface area contributed by atoms with Crippen molar-refractivity contribution in [3.63, 3.8) is 0 Å². The highest BCUT2D eigenvalue weighted by atomic mass is 35.5. The van der Waals surface area contributed by atoms with Crippen LogP contribution in [0.1, 0.15) is 38.6 Å². The Balaban J connectivity index is 1.74. The quantitative estimate of drug-likeness (QED) is 0.604. The summed E-state index contributed by atoms with van der Waals surface area (Å²) in [6.45, 7) is 5.30. The molecule has 1 fully saturated rings. The standard InChI is InChI=1S/C19H24ClN5O3S/c1-3-13(4-2)25-16(11-28-15-8-6-5-7-14(15)20)22-23-19(25)29-12-17(26)24-10-9-21-18(24)27/h5-8,13H,3-4,9-12H2,1-2H3,(H,21,27). The lowest BCUT2D eigenvalue weighted by Gasteiger charge is -2.19. The van der Waals surface area contributed by atoms with E-state index in [-0.39, 0.29) is 30.3 Å². The van der Waals surface area contributed by atoms with Gasteiger partial charge in [-0.05, 0) is 25.0 Å². The summed E-state index contributed by atoms with van der Waals surface area (Å²) < 4.78 is 7.87. The number of benzene rings is 1. The second-order valence-electron chi connectivity index (χ2n) is 6.52. The zero-order chi connectivity index (χ0) is 20.8. The van der Waals surface area contributed by atoms with Crippen LogP contribution in [-0.4, -0.2) is 50.4 Å². The van der Waals surface area contributed by atoms with E-state index in [1.807, 2.05) is 16.7 Å². The van der Waals surface area contributed by atoms with E-state index >= 15 is 0 Å². The number of hydrogen-bond acceptors (Lipinski definition) is 6. The number of carbonyl (C=O) groups excluding carboxylic acids is 2. The molecule has 1 aliphatic heterocycles. The molecule has 0 unspecified atom stereocenters. The molecule has 2 heterocycles. The Labute approximate surface area is 178 Å². The third kappa shape index (κ3) is 5.02. The molecule has 0 radical (unpaired) electrons. The number of nitrogens with one attached hydrogen (secondary N) is 1. The Hall–Kier alpha value is -2.26. The molecule has 1 N–H and O–H groups in total. The average Bonchev–Trinajstić information content (AvgIpc) is 3.33. The number of urea groups is 1. The summed E-state index contributed by atoms with van der Waals surface area (Å²) in [6.07, 6.45) is 1.79. The molecule has 0 spiro atoms. The molecule has 10 heteroatoms. The van der Waals surface area contributed by atoms with Gasteiger partial charge in [0.15, 0.2) is 11.0 Å². The number of carbonyl (C=O) groups is 2. The molecular formula is C19H24ClN5O3S. The number of para-hydroxylation sites is 1. The molecule has 156 valence electrons. The number of thioether (sulfide) groups is 1. The van der Waals surface area contributed by atoms with Crippen molar-refractivity contribution < 1.29 is 14.3 Å². The molecule has 3 rings (SSSR count). The molecule has 8 nitrogen and oxygen atoms in total. The number of hydrogen-bond donors (Lipinski definition) is 1. The minimum Gasteiger partial charge on any atom is -0.484 e. The average molecular weight is 438 g/mol. The summed E-state index contributed by atoms with van der Waals surface area (Å²) >= 11 is 7.45. The van der Waals surface area contributed by atoms with Crippen LogP contribution in [0.4, 0.5) is 4.79 Å². The SMILES string of the molecule is CCC(CC)n1c(COc2ccccc2Cl)nnc1SCC(=O)N1CCNC1=O. The minimum atomic E-state index is -0.342. The van der Waals surface area contributed by atoms with Crippen molar-refractivity contribution >= 4 is 35.3 Å². The predicted octanol–water partition coefficient (Wildman–Crippen LogP) is 3.52. The van der Waals surface area contributed by atoms with Crippen LogP contribution in [0, 0.1) is 0 Å². The fourth-order valence-electron chi connectivity index (χ4n) is 3.14. The maximum absolute atomic E-state index is 12.4. The van der Waals surface area contributed by atoms with Gasteiger partial charge < -0.3 is 14.6 Å². The smallest absolute Gasteiger partial charge is 0.324 e. The molecule has 0 bridgehead atoms. The van der Waals surface area contributed by atoms with Gasteiger partial charge in [-0.1, -0.05) is 49.3 Å². The second-order valence-corrected chi connectivity index (χ2v) is 7.87. The highest BCUT2D eigenvalue weighted by molar-refractivity contribution is 7.99. The second kappa shape index (κ2) is 9.98. The molecule has 1 aromatic carbocycles. The van der Waals surface area contributed by atoms with Crippen molar-refractivity contribution in [2.75, 3.05) is 18.8 Å². The Kier molecular flexibility index (Phi) is 7.38. The van der Waals surface area contributed by atoms with E-state index in [4.69, 9.17) is 16.3 Å². The number of aromatic nitrogens is 3. The number of nitrogens with zero attached hydrogens (tertiary/aromatic N) is 4. The predicted molar refractivity (Wildman–Crippen MR) is 111 cm³/mol. The van der Waals surface area contributed by atoms with Crippen molar-refractivity contribution in [2.45, 2.75) is 44.5 Å². The molecule has 0 aliphatic carbocycles. The minimum absolute atomic E-state index is 0.122. The first kappa shape index (κ1) is 21.4. The van der Waals surface area contributed by atoms with E-state index in [1.54, 1.807) is 12.1 Å². The van der Waals surface area contributed by atoms with Gasteiger partial charge in [0.1, 0.15) is 12.4 Å². The van der Waals surface area contributed by atoms with Gasteiger partial charge in [0, 0.05) is 19.1 Å². The largest absolute Gasteiger partial charge is 0.484 e. The monoisotopic (exact) mass is 437 g/mol. The summed E-state index contributed by atoms with van der Waals surface area (Å²) in [5.41, 5.74) is 0. The van der Waals surface area contributed by atoms with Gasteiger partial charge >= 0.3 is 6.03 Å². The molecule has 29 heavy (non-hydrogen) atoms. The summed E-state index contributed by atoms with van der Waals surface area (Å²) in [6, 6.07) is 7.11. The number of rotatable bonds is 9. The number of amides is 3. The van der Waals surface area contributed by atoms with E-state index < -0.39 is 0 Å². The van der Waals surface area contributed by atoms with Crippen LogP contribution < -0.4 is 10.1 Å². The highest BCUT2D eigenvalue weighted by Crippen LogP contribution is 2.28. The molecule has 0 saturated carbocycles. The maximum atomic E-state index is 12.4. The van der Waals surface area contributed by atoms with Crippen LogP contribution in [0.15, 0.2) is 29.4 Å². The van der Waals surface area contributed by atoms with Crippen LogP contribution in [0.3, 0.4) is 0 Å². The fraction of sp³-hybridized carbons (Fsp3) is 0.474. The molecule has 0 atom stereocenters. The van der Waals surface area contributed by atoms with Gasteiger partial charge in [0.25, 0.3) is 0 Å². The first-order valence-corrected chi connectivity index (χ1v) is 10.9. The van der Waals surface area contributed by atoms with E-state index in [0.29, 0.717) is 34.8 Å². The lowest BCUT2D eigenvalue weighted by atomic mass is 10.2. The third-order valence-corrected chi connectivity index (χ3v) is 5.96. The highest BCUT2D eigenvalue weighted by Gasteiger charge is 2.27. The van der Waals surface area contributed by atoms with Gasteiger partial charge in [-0.3, -0.25) is 9.69 Å². The van der Waals surface area contributed by atoms with Crippen LogP contribution in [0.5, 0.6) is 5.75 Å². The van der Waals surface area contributed by atoms with E-state index in [0.717, 1.165) is 12.8 Å². The Morgan fingerprint density at radius 1 is 1.31 bits per heavy atom. The molecule has 1 aliphatic rings. The number of imide groups is 1. The molecular weight excluding hydrogens is 414 g/mol. The van der Waals surface area contributed by atoms with Gasteiger partial charge in [-0.15, -0.1) is 10.2 Å². The van der Waals surface area contributed by atoms with E-state index in [2.05, 4.69) is 29.4 Å². The third-order valence-electron chi connectivity index (χ3n) is 4.72. The van der Waals surface area contributed by atoms with E-state index in [9.17, 15) is 9.59 Å². The Morgan fingerprint density at radius 2 is 2.07 bits per heavy atom. The summed E-state index contributed by atoms with van der Waals surface area (Å²) in [7, 11) is 0. The molecule has 2 aromatic rings. The van der Waals surface area contributed by atoms with Crippen molar-refractivity contribution in [3.05, 3.63) is 35.1 Å². The van der Waals surface area contributed by atoms with Crippen molar-refractivity contribution in [3.8, 4) is 5.75 Å². The van der Waals surface area contributed by atoms with Crippen LogP contribution >= 0.6 is 23.4 Å². The summed E-state index contributed by atoms with van der Waals surface area (Å²) in [5, 5.41) is 12.4. The zero-order valence-electron chi connectivity index (χ0n) is 16.4. The Morgan fingerprint density at radius 3 is 2.72 bits per heavy atom. The summed E-state index contributed by atoms with van der Waals surface area (Å²) in [5.74, 6) is 1.14. The molecule has 1 saturated heterocycles. The fourth-order valence-corrected chi connectivity index (χ4v) is 4.23. The normalized spacial score (nSPS) is 13.8. The van der Waals surface area contributed by atoms with Gasteiger partial charge in [-0.2, -0.15) is 0 Å². The van der Waals surface area contributed by atoms with Crippen molar-refractivity contribution in [2.24, 2.45) is 0 Å².